The van der Waals surface area contributed by atoms with Crippen LogP contribution >= 0.6 is 0 Å². The Morgan fingerprint density at radius 3 is 2.48 bits per heavy atom. The van der Waals surface area contributed by atoms with Crippen LogP contribution in [-0.4, -0.2) is 41.0 Å². The molecule has 0 bridgehead atoms. The van der Waals surface area contributed by atoms with E-state index >= 15 is 0 Å². The number of piperazine rings is 1. The fraction of sp³-hybridized carbons (Fsp3) is 0.412. The molecule has 1 aromatic carbocycles. The van der Waals surface area contributed by atoms with Crippen LogP contribution in [0.1, 0.15) is 19.7 Å². The standard InChI is InChI=1S/C17H22N4/c1-17(2,21-12-10-18-11-13-21)16-19-9-8-15(20-16)14-6-4-3-5-7-14/h3-9,18H,10-13H2,1-2H3. The van der Waals surface area contributed by atoms with Crippen molar-refractivity contribution < 1.29 is 0 Å². The first-order chi connectivity index (χ1) is 10.2. The van der Waals surface area contributed by atoms with E-state index in [1.807, 2.05) is 30.5 Å². The third kappa shape index (κ3) is 2.96. The minimum atomic E-state index is -0.146. The van der Waals surface area contributed by atoms with Crippen molar-refractivity contribution in [2.45, 2.75) is 19.4 Å². The van der Waals surface area contributed by atoms with Crippen LogP contribution < -0.4 is 5.32 Å². The number of nitrogens with one attached hydrogen (secondary N) is 1. The van der Waals surface area contributed by atoms with E-state index in [0.29, 0.717) is 0 Å². The van der Waals surface area contributed by atoms with Crippen LogP contribution in [0.15, 0.2) is 42.6 Å². The van der Waals surface area contributed by atoms with E-state index in [0.717, 1.165) is 43.3 Å². The Balaban J connectivity index is 1.91. The highest BCUT2D eigenvalue weighted by Gasteiger charge is 2.32. The fourth-order valence-electron chi connectivity index (χ4n) is 2.79. The van der Waals surface area contributed by atoms with Gasteiger partial charge in [-0.3, -0.25) is 4.90 Å². The van der Waals surface area contributed by atoms with E-state index in [1.54, 1.807) is 0 Å². The van der Waals surface area contributed by atoms with Crippen molar-refractivity contribution in [2.75, 3.05) is 26.2 Å². The first-order valence-electron chi connectivity index (χ1n) is 7.52. The third-order valence-electron chi connectivity index (χ3n) is 4.18. The SMILES string of the molecule is CC(C)(c1nccc(-c2ccccc2)n1)N1CCNCC1. The summed E-state index contributed by atoms with van der Waals surface area (Å²) < 4.78 is 0. The maximum absolute atomic E-state index is 4.82. The van der Waals surface area contributed by atoms with Crippen molar-refractivity contribution >= 4 is 0 Å². The van der Waals surface area contributed by atoms with Crippen molar-refractivity contribution in [1.82, 2.24) is 20.2 Å². The predicted molar refractivity (Wildman–Crippen MR) is 84.9 cm³/mol. The second-order valence-electron chi connectivity index (χ2n) is 5.93. The van der Waals surface area contributed by atoms with Gasteiger partial charge in [0.05, 0.1) is 11.2 Å². The molecule has 0 spiro atoms. The van der Waals surface area contributed by atoms with Crippen LogP contribution in [0.3, 0.4) is 0 Å². The van der Waals surface area contributed by atoms with Crippen LogP contribution in [0.25, 0.3) is 11.3 Å². The van der Waals surface area contributed by atoms with Gasteiger partial charge >= 0.3 is 0 Å². The van der Waals surface area contributed by atoms with E-state index in [9.17, 15) is 0 Å². The van der Waals surface area contributed by atoms with E-state index in [4.69, 9.17) is 4.98 Å². The molecule has 4 heteroatoms. The van der Waals surface area contributed by atoms with Crippen molar-refractivity contribution in [3.63, 3.8) is 0 Å². The minimum absolute atomic E-state index is 0.146. The number of hydrogen-bond acceptors (Lipinski definition) is 4. The molecular formula is C17H22N4. The zero-order valence-electron chi connectivity index (χ0n) is 12.7. The molecule has 0 saturated carbocycles. The Hall–Kier alpha value is -1.78. The zero-order valence-corrected chi connectivity index (χ0v) is 12.7. The molecule has 21 heavy (non-hydrogen) atoms. The Morgan fingerprint density at radius 1 is 1.05 bits per heavy atom. The highest BCUT2D eigenvalue weighted by atomic mass is 15.3. The minimum Gasteiger partial charge on any atom is -0.314 e. The highest BCUT2D eigenvalue weighted by molar-refractivity contribution is 5.58. The van der Waals surface area contributed by atoms with Gasteiger partial charge in [0.2, 0.25) is 0 Å². The maximum Gasteiger partial charge on any atom is 0.148 e. The number of hydrogen-bond donors (Lipinski definition) is 1. The summed E-state index contributed by atoms with van der Waals surface area (Å²) >= 11 is 0. The van der Waals surface area contributed by atoms with Crippen LogP contribution in [0, 0.1) is 0 Å². The molecule has 0 unspecified atom stereocenters. The number of aromatic nitrogens is 2. The van der Waals surface area contributed by atoms with Crippen LogP contribution in [0.5, 0.6) is 0 Å². The Bertz CT molecular complexity index is 589. The van der Waals surface area contributed by atoms with Gasteiger partial charge in [0.15, 0.2) is 0 Å². The molecule has 0 amide bonds. The predicted octanol–water partition coefficient (Wildman–Crippen LogP) is 2.28. The molecule has 1 aromatic heterocycles. The van der Waals surface area contributed by atoms with E-state index in [-0.39, 0.29) is 5.54 Å². The van der Waals surface area contributed by atoms with Gasteiger partial charge in [0, 0.05) is 37.9 Å². The summed E-state index contributed by atoms with van der Waals surface area (Å²) in [6, 6.07) is 12.3. The topological polar surface area (TPSA) is 41.1 Å². The molecule has 1 saturated heterocycles. The molecule has 0 radical (unpaired) electrons. The monoisotopic (exact) mass is 282 g/mol. The molecule has 4 nitrogen and oxygen atoms in total. The molecule has 3 rings (SSSR count). The molecule has 110 valence electrons. The Kier molecular flexibility index (Phi) is 3.99. The lowest BCUT2D eigenvalue weighted by atomic mass is 10.00. The molecule has 2 aromatic rings. The molecule has 2 heterocycles. The fourth-order valence-corrected chi connectivity index (χ4v) is 2.79. The third-order valence-corrected chi connectivity index (χ3v) is 4.18. The highest BCUT2D eigenvalue weighted by Crippen LogP contribution is 2.26. The Labute approximate surface area is 126 Å². The molecule has 1 aliphatic rings. The van der Waals surface area contributed by atoms with Gasteiger partial charge in [-0.15, -0.1) is 0 Å². The maximum atomic E-state index is 4.82. The van der Waals surface area contributed by atoms with Gasteiger partial charge in [-0.05, 0) is 19.9 Å². The summed E-state index contributed by atoms with van der Waals surface area (Å²) in [4.78, 5) is 11.8. The molecule has 0 atom stereocenters. The summed E-state index contributed by atoms with van der Waals surface area (Å²) in [5.41, 5.74) is 1.98. The second-order valence-corrected chi connectivity index (χ2v) is 5.93. The Morgan fingerprint density at radius 2 is 1.76 bits per heavy atom. The lowest BCUT2D eigenvalue weighted by Gasteiger charge is -2.40. The molecule has 0 aliphatic carbocycles. The molecule has 1 fully saturated rings. The smallest absolute Gasteiger partial charge is 0.148 e. The molecular weight excluding hydrogens is 260 g/mol. The summed E-state index contributed by atoms with van der Waals surface area (Å²) in [6.45, 7) is 8.55. The summed E-state index contributed by atoms with van der Waals surface area (Å²) in [5, 5.41) is 3.39. The average molecular weight is 282 g/mol. The van der Waals surface area contributed by atoms with E-state index in [2.05, 4.69) is 41.2 Å². The largest absolute Gasteiger partial charge is 0.314 e. The van der Waals surface area contributed by atoms with Crippen LogP contribution in [0.2, 0.25) is 0 Å². The summed E-state index contributed by atoms with van der Waals surface area (Å²) in [5.74, 6) is 0.894. The zero-order chi connectivity index (χ0) is 14.7. The van der Waals surface area contributed by atoms with Gasteiger partial charge in [0.25, 0.3) is 0 Å². The van der Waals surface area contributed by atoms with Gasteiger partial charge in [-0.2, -0.15) is 0 Å². The van der Waals surface area contributed by atoms with Gasteiger partial charge in [0.1, 0.15) is 5.82 Å². The normalized spacial score (nSPS) is 16.9. The van der Waals surface area contributed by atoms with Crippen LogP contribution in [-0.2, 0) is 5.54 Å². The van der Waals surface area contributed by atoms with Gasteiger partial charge < -0.3 is 5.32 Å². The second kappa shape index (κ2) is 5.92. The van der Waals surface area contributed by atoms with E-state index < -0.39 is 0 Å². The van der Waals surface area contributed by atoms with E-state index in [1.165, 1.54) is 0 Å². The molecule has 1 aliphatic heterocycles. The summed E-state index contributed by atoms with van der Waals surface area (Å²) in [7, 11) is 0. The number of benzene rings is 1. The van der Waals surface area contributed by atoms with Crippen molar-refractivity contribution in [3.8, 4) is 11.3 Å². The first-order valence-corrected chi connectivity index (χ1v) is 7.52. The van der Waals surface area contributed by atoms with Crippen molar-refractivity contribution in [1.29, 1.82) is 0 Å². The van der Waals surface area contributed by atoms with Crippen LogP contribution in [0.4, 0.5) is 0 Å². The van der Waals surface area contributed by atoms with Gasteiger partial charge in [-0.25, -0.2) is 9.97 Å². The van der Waals surface area contributed by atoms with Crippen molar-refractivity contribution in [3.05, 3.63) is 48.4 Å². The summed E-state index contributed by atoms with van der Waals surface area (Å²) in [6.07, 6.45) is 1.87. The first kappa shape index (κ1) is 14.2. The van der Waals surface area contributed by atoms with Crippen molar-refractivity contribution in [2.24, 2.45) is 0 Å². The lowest BCUT2D eigenvalue weighted by molar-refractivity contribution is 0.0949. The quantitative estimate of drug-likeness (QED) is 0.938. The average Bonchev–Trinajstić information content (AvgIpc) is 2.57. The number of nitrogens with zero attached hydrogens (tertiary/aromatic N) is 3. The van der Waals surface area contributed by atoms with Gasteiger partial charge in [-0.1, -0.05) is 30.3 Å². The number of rotatable bonds is 3. The lowest BCUT2D eigenvalue weighted by Crippen LogP contribution is -2.52. The molecule has 1 N–H and O–H groups in total.